The summed E-state index contributed by atoms with van der Waals surface area (Å²) in [6.07, 6.45) is 6.48. The van der Waals surface area contributed by atoms with Gasteiger partial charge in [-0.25, -0.2) is 4.98 Å². The summed E-state index contributed by atoms with van der Waals surface area (Å²) in [6, 6.07) is 5.62. The Kier molecular flexibility index (Phi) is 5.01. The number of rotatable bonds is 4. The molecule has 1 saturated carbocycles. The average Bonchev–Trinajstić information content (AvgIpc) is 3.20. The van der Waals surface area contributed by atoms with Crippen LogP contribution in [0.5, 0.6) is 5.75 Å². The van der Waals surface area contributed by atoms with Gasteiger partial charge in [-0.1, -0.05) is 18.9 Å². The van der Waals surface area contributed by atoms with Gasteiger partial charge in [-0.05, 0) is 43.7 Å². The van der Waals surface area contributed by atoms with Gasteiger partial charge in [0, 0.05) is 19.0 Å². The van der Waals surface area contributed by atoms with E-state index in [0.717, 1.165) is 38.8 Å². The van der Waals surface area contributed by atoms with Crippen LogP contribution in [0.4, 0.5) is 11.8 Å². The summed E-state index contributed by atoms with van der Waals surface area (Å²) >= 11 is 0. The van der Waals surface area contributed by atoms with Crippen molar-refractivity contribution in [1.29, 1.82) is 0 Å². The first-order chi connectivity index (χ1) is 13.1. The third-order valence-corrected chi connectivity index (χ3v) is 5.84. The van der Waals surface area contributed by atoms with Crippen molar-refractivity contribution < 1.29 is 9.53 Å². The van der Waals surface area contributed by atoms with Crippen LogP contribution in [0.1, 0.15) is 38.5 Å². The lowest BCUT2D eigenvalue weighted by Gasteiger charge is -2.33. The number of carbonyl (C=O) groups is 1. The molecule has 1 saturated heterocycles. The van der Waals surface area contributed by atoms with Gasteiger partial charge >= 0.3 is 0 Å². The second-order valence-corrected chi connectivity index (χ2v) is 7.68. The fraction of sp³-hybridized carbons (Fsp3) is 0.550. The number of nitrogens with two attached hydrogens (primary N) is 2. The number of carbonyl (C=O) groups excluding carboxylic acids is 1. The lowest BCUT2D eigenvalue weighted by atomic mass is 9.96. The third-order valence-electron chi connectivity index (χ3n) is 5.84. The van der Waals surface area contributed by atoms with Gasteiger partial charge in [0.2, 0.25) is 11.9 Å². The Balaban J connectivity index is 1.35. The molecule has 1 aromatic heterocycles. The van der Waals surface area contributed by atoms with E-state index in [9.17, 15) is 4.79 Å². The number of likely N-dealkylation sites (tertiary alicyclic amines) is 1. The molecule has 1 aliphatic carbocycles. The zero-order chi connectivity index (χ0) is 18.8. The molecule has 0 atom stereocenters. The molecule has 0 radical (unpaired) electrons. The van der Waals surface area contributed by atoms with E-state index in [1.165, 1.54) is 12.8 Å². The Morgan fingerprint density at radius 3 is 2.59 bits per heavy atom. The number of ether oxygens (including phenoxy) is 1. The largest absolute Gasteiger partial charge is 0.492 e. The summed E-state index contributed by atoms with van der Waals surface area (Å²) in [4.78, 5) is 22.9. The van der Waals surface area contributed by atoms with Crippen LogP contribution >= 0.6 is 0 Å². The number of piperidine rings is 1. The molecule has 2 aliphatic rings. The number of benzene rings is 1. The summed E-state index contributed by atoms with van der Waals surface area (Å²) < 4.78 is 6.07. The van der Waals surface area contributed by atoms with Crippen molar-refractivity contribution in [2.24, 2.45) is 11.8 Å². The normalized spacial score (nSPS) is 18.9. The van der Waals surface area contributed by atoms with E-state index in [0.29, 0.717) is 40.9 Å². The van der Waals surface area contributed by atoms with Crippen molar-refractivity contribution in [3.8, 4) is 5.75 Å². The van der Waals surface area contributed by atoms with Gasteiger partial charge in [-0.15, -0.1) is 0 Å². The molecule has 27 heavy (non-hydrogen) atoms. The van der Waals surface area contributed by atoms with Crippen LogP contribution in [-0.4, -0.2) is 40.5 Å². The van der Waals surface area contributed by atoms with Crippen LogP contribution in [0.25, 0.3) is 10.9 Å². The predicted molar refractivity (Wildman–Crippen MR) is 105 cm³/mol. The van der Waals surface area contributed by atoms with Crippen LogP contribution in [0.2, 0.25) is 0 Å². The van der Waals surface area contributed by atoms with Crippen molar-refractivity contribution in [3.05, 3.63) is 18.2 Å². The molecule has 1 amide bonds. The summed E-state index contributed by atoms with van der Waals surface area (Å²) in [6.45, 7) is 2.27. The van der Waals surface area contributed by atoms with Crippen LogP contribution < -0.4 is 16.2 Å². The number of anilines is 2. The molecule has 0 bridgehead atoms. The van der Waals surface area contributed by atoms with Gasteiger partial charge in [0.15, 0.2) is 0 Å². The lowest BCUT2D eigenvalue weighted by Crippen LogP contribution is -2.42. The molecule has 2 aromatic rings. The fourth-order valence-electron chi connectivity index (χ4n) is 4.28. The molecule has 2 heterocycles. The molecule has 7 heteroatoms. The zero-order valence-corrected chi connectivity index (χ0v) is 15.6. The summed E-state index contributed by atoms with van der Waals surface area (Å²) in [5.74, 6) is 2.26. The molecule has 1 aromatic carbocycles. The topological polar surface area (TPSA) is 107 Å². The summed E-state index contributed by atoms with van der Waals surface area (Å²) in [7, 11) is 0. The van der Waals surface area contributed by atoms with Crippen molar-refractivity contribution in [3.63, 3.8) is 0 Å². The monoisotopic (exact) mass is 369 g/mol. The van der Waals surface area contributed by atoms with Crippen molar-refractivity contribution in [1.82, 2.24) is 14.9 Å². The quantitative estimate of drug-likeness (QED) is 0.858. The number of aromatic nitrogens is 2. The van der Waals surface area contributed by atoms with E-state index in [2.05, 4.69) is 14.9 Å². The molecule has 144 valence electrons. The Morgan fingerprint density at radius 1 is 1.11 bits per heavy atom. The van der Waals surface area contributed by atoms with Gasteiger partial charge < -0.3 is 21.1 Å². The standard InChI is InChI=1S/C20H27N5O2/c21-18-17-15(23-20(22)24-18)6-3-7-16(17)27-12-13-8-10-25(11-9-13)19(26)14-4-1-2-5-14/h3,6-7,13-14H,1-2,4-5,8-12H2,(H4,21,22,23,24). The molecule has 2 fully saturated rings. The maximum atomic E-state index is 12.6. The number of hydrogen-bond acceptors (Lipinski definition) is 6. The summed E-state index contributed by atoms with van der Waals surface area (Å²) in [5.41, 5.74) is 12.4. The Hall–Kier alpha value is -2.57. The van der Waals surface area contributed by atoms with E-state index in [1.807, 2.05) is 18.2 Å². The first-order valence-corrected chi connectivity index (χ1v) is 9.85. The minimum atomic E-state index is 0.163. The van der Waals surface area contributed by atoms with E-state index in [4.69, 9.17) is 16.2 Å². The minimum absolute atomic E-state index is 0.163. The predicted octanol–water partition coefficient (Wildman–Crippen LogP) is 2.60. The second-order valence-electron chi connectivity index (χ2n) is 7.68. The molecule has 1 aliphatic heterocycles. The van der Waals surface area contributed by atoms with Gasteiger partial charge in [0.25, 0.3) is 0 Å². The highest BCUT2D eigenvalue weighted by atomic mass is 16.5. The van der Waals surface area contributed by atoms with Crippen molar-refractivity contribution in [2.75, 3.05) is 31.2 Å². The van der Waals surface area contributed by atoms with E-state index >= 15 is 0 Å². The van der Waals surface area contributed by atoms with Crippen LogP contribution in [0.15, 0.2) is 18.2 Å². The van der Waals surface area contributed by atoms with Crippen molar-refractivity contribution >= 4 is 28.6 Å². The van der Waals surface area contributed by atoms with Crippen LogP contribution in [-0.2, 0) is 4.79 Å². The highest BCUT2D eigenvalue weighted by Gasteiger charge is 2.30. The molecule has 0 unspecified atom stereocenters. The maximum Gasteiger partial charge on any atom is 0.225 e. The fourth-order valence-corrected chi connectivity index (χ4v) is 4.28. The number of fused-ring (bicyclic) bond motifs is 1. The minimum Gasteiger partial charge on any atom is -0.492 e. The lowest BCUT2D eigenvalue weighted by molar-refractivity contribution is -0.136. The van der Waals surface area contributed by atoms with Gasteiger partial charge in [0.05, 0.1) is 17.5 Å². The molecule has 7 nitrogen and oxygen atoms in total. The highest BCUT2D eigenvalue weighted by molar-refractivity contribution is 5.94. The van der Waals surface area contributed by atoms with E-state index in [1.54, 1.807) is 0 Å². The van der Waals surface area contributed by atoms with Gasteiger partial charge in [-0.3, -0.25) is 4.79 Å². The number of amides is 1. The third kappa shape index (κ3) is 3.77. The number of hydrogen-bond donors (Lipinski definition) is 2. The molecule has 0 spiro atoms. The number of nitrogen functional groups attached to an aromatic ring is 2. The zero-order valence-electron chi connectivity index (χ0n) is 15.6. The Morgan fingerprint density at radius 2 is 1.85 bits per heavy atom. The smallest absolute Gasteiger partial charge is 0.225 e. The first-order valence-electron chi connectivity index (χ1n) is 9.85. The van der Waals surface area contributed by atoms with Gasteiger partial charge in [-0.2, -0.15) is 4.98 Å². The second kappa shape index (κ2) is 7.58. The molecular weight excluding hydrogens is 342 g/mol. The van der Waals surface area contributed by atoms with Crippen LogP contribution in [0, 0.1) is 11.8 Å². The SMILES string of the molecule is Nc1nc(N)c2c(OCC3CCN(C(=O)C4CCCC4)CC3)cccc2n1. The van der Waals surface area contributed by atoms with E-state index < -0.39 is 0 Å². The first kappa shape index (κ1) is 17.8. The highest BCUT2D eigenvalue weighted by Crippen LogP contribution is 2.31. The Bertz CT molecular complexity index is 826. The van der Waals surface area contributed by atoms with Gasteiger partial charge in [0.1, 0.15) is 11.6 Å². The molecular formula is C20H27N5O2. The molecule has 4 rings (SSSR count). The molecule has 4 N–H and O–H groups in total. The number of nitrogens with zero attached hydrogens (tertiary/aromatic N) is 3. The summed E-state index contributed by atoms with van der Waals surface area (Å²) in [5, 5.41) is 0.709. The average molecular weight is 369 g/mol. The maximum absolute atomic E-state index is 12.6. The Labute approximate surface area is 159 Å². The van der Waals surface area contributed by atoms with Crippen molar-refractivity contribution in [2.45, 2.75) is 38.5 Å². The van der Waals surface area contributed by atoms with E-state index in [-0.39, 0.29) is 11.9 Å². The van der Waals surface area contributed by atoms with Crippen LogP contribution in [0.3, 0.4) is 0 Å².